The molecule has 1 fully saturated rings. The number of fused-ring (bicyclic) bond motifs is 2. The molecule has 2 heteroatoms. The Morgan fingerprint density at radius 2 is 2.06 bits per heavy atom. The van der Waals surface area contributed by atoms with Crippen LogP contribution in [-0.4, -0.2) is 23.5 Å². The van der Waals surface area contributed by atoms with Crippen LogP contribution in [-0.2, 0) is 6.54 Å². The molecule has 2 aliphatic carbocycles. The lowest BCUT2D eigenvalue weighted by molar-refractivity contribution is 0.248. The van der Waals surface area contributed by atoms with E-state index in [1.54, 1.807) is 0 Å². The monoisotopic (exact) mass is 228 g/mol. The molecule has 1 heterocycles. The van der Waals surface area contributed by atoms with Gasteiger partial charge in [0.25, 0.3) is 0 Å². The molecule has 1 aromatic rings. The van der Waals surface area contributed by atoms with Gasteiger partial charge in [0.1, 0.15) is 0 Å². The fourth-order valence-corrected chi connectivity index (χ4v) is 3.37. The molecule has 0 spiro atoms. The number of rotatable bonds is 4. The molecule has 1 aromatic heterocycles. The molecule has 2 bridgehead atoms. The normalized spacial score (nSPS) is 30.4. The van der Waals surface area contributed by atoms with Crippen molar-refractivity contribution in [3.8, 4) is 0 Å². The first-order valence-corrected chi connectivity index (χ1v) is 6.57. The summed E-state index contributed by atoms with van der Waals surface area (Å²) in [6, 6.07) is 4.22. The van der Waals surface area contributed by atoms with Crippen LogP contribution >= 0.6 is 0 Å². The van der Waals surface area contributed by atoms with Gasteiger partial charge in [-0.3, -0.25) is 4.98 Å². The van der Waals surface area contributed by atoms with Crippen molar-refractivity contribution in [3.63, 3.8) is 0 Å². The zero-order valence-corrected chi connectivity index (χ0v) is 10.4. The van der Waals surface area contributed by atoms with Crippen LogP contribution in [0.15, 0.2) is 36.7 Å². The second kappa shape index (κ2) is 4.61. The first-order chi connectivity index (χ1) is 8.31. The Morgan fingerprint density at radius 1 is 1.24 bits per heavy atom. The lowest BCUT2D eigenvalue weighted by atomic mass is 9.93. The lowest BCUT2D eigenvalue weighted by Crippen LogP contribution is -2.27. The third kappa shape index (κ3) is 2.42. The number of pyridine rings is 1. The maximum Gasteiger partial charge on any atom is 0.0271 e. The van der Waals surface area contributed by atoms with Gasteiger partial charge in [0.2, 0.25) is 0 Å². The molecule has 2 nitrogen and oxygen atoms in total. The Morgan fingerprint density at radius 3 is 2.71 bits per heavy atom. The highest BCUT2D eigenvalue weighted by Crippen LogP contribution is 2.43. The Hall–Kier alpha value is -1.15. The van der Waals surface area contributed by atoms with E-state index in [-0.39, 0.29) is 0 Å². The molecule has 0 saturated heterocycles. The van der Waals surface area contributed by atoms with Crippen molar-refractivity contribution in [2.24, 2.45) is 17.8 Å². The molecule has 1 saturated carbocycles. The predicted octanol–water partition coefficient (Wildman–Crippen LogP) is 2.73. The minimum atomic E-state index is 0.861. The van der Waals surface area contributed by atoms with E-state index in [2.05, 4.69) is 41.2 Å². The topological polar surface area (TPSA) is 16.1 Å². The van der Waals surface area contributed by atoms with Crippen LogP contribution in [0.3, 0.4) is 0 Å². The Balaban J connectivity index is 1.54. The van der Waals surface area contributed by atoms with Crippen LogP contribution in [0, 0.1) is 17.8 Å². The predicted molar refractivity (Wildman–Crippen MR) is 69.4 cm³/mol. The van der Waals surface area contributed by atoms with E-state index in [1.165, 1.54) is 24.9 Å². The van der Waals surface area contributed by atoms with Gasteiger partial charge < -0.3 is 4.90 Å². The maximum absolute atomic E-state index is 4.06. The summed E-state index contributed by atoms with van der Waals surface area (Å²) in [5.74, 6) is 2.64. The van der Waals surface area contributed by atoms with Gasteiger partial charge >= 0.3 is 0 Å². The Bertz CT molecular complexity index is 399. The molecule has 0 radical (unpaired) electrons. The highest BCUT2D eigenvalue weighted by atomic mass is 15.1. The van der Waals surface area contributed by atoms with Gasteiger partial charge in [-0.1, -0.05) is 12.2 Å². The Kier molecular flexibility index (Phi) is 2.98. The number of hydrogen-bond donors (Lipinski definition) is 0. The molecule has 2 aliphatic rings. The first kappa shape index (κ1) is 11.0. The fraction of sp³-hybridized carbons (Fsp3) is 0.533. The van der Waals surface area contributed by atoms with E-state index in [0.29, 0.717) is 0 Å². The lowest BCUT2D eigenvalue weighted by Gasteiger charge is -2.25. The van der Waals surface area contributed by atoms with Crippen molar-refractivity contribution in [3.05, 3.63) is 42.2 Å². The first-order valence-electron chi connectivity index (χ1n) is 6.57. The van der Waals surface area contributed by atoms with Gasteiger partial charge in [-0.15, -0.1) is 0 Å². The molecular formula is C15H20N2. The summed E-state index contributed by atoms with van der Waals surface area (Å²) in [7, 11) is 2.23. The smallest absolute Gasteiger partial charge is 0.0271 e. The molecule has 0 N–H and O–H groups in total. The molecule has 90 valence electrons. The van der Waals surface area contributed by atoms with Gasteiger partial charge in [-0.2, -0.15) is 0 Å². The summed E-state index contributed by atoms with van der Waals surface area (Å²) >= 11 is 0. The fourth-order valence-electron chi connectivity index (χ4n) is 3.37. The number of aromatic nitrogens is 1. The molecule has 3 rings (SSSR count). The van der Waals surface area contributed by atoms with Gasteiger partial charge in [0, 0.05) is 25.5 Å². The second-order valence-electron chi connectivity index (χ2n) is 5.59. The maximum atomic E-state index is 4.06. The summed E-state index contributed by atoms with van der Waals surface area (Å²) in [4.78, 5) is 6.51. The van der Waals surface area contributed by atoms with E-state index in [9.17, 15) is 0 Å². The van der Waals surface area contributed by atoms with Crippen molar-refractivity contribution < 1.29 is 0 Å². The van der Waals surface area contributed by atoms with Gasteiger partial charge in [-0.05, 0) is 55.3 Å². The SMILES string of the molecule is CN(Cc1ccncc1)C[C@@H]1C[C@H]2C=C[C@H]1C2. The van der Waals surface area contributed by atoms with Crippen LogP contribution < -0.4 is 0 Å². The zero-order valence-electron chi connectivity index (χ0n) is 10.4. The third-order valence-electron chi connectivity index (χ3n) is 4.16. The minimum absolute atomic E-state index is 0.861. The van der Waals surface area contributed by atoms with Crippen molar-refractivity contribution in [2.75, 3.05) is 13.6 Å². The quantitative estimate of drug-likeness (QED) is 0.737. The van der Waals surface area contributed by atoms with Gasteiger partial charge in [0.15, 0.2) is 0 Å². The molecule has 0 aromatic carbocycles. The molecule has 0 unspecified atom stereocenters. The number of hydrogen-bond acceptors (Lipinski definition) is 2. The summed E-state index contributed by atoms with van der Waals surface area (Å²) in [5, 5.41) is 0. The summed E-state index contributed by atoms with van der Waals surface area (Å²) in [6.07, 6.45) is 11.4. The van der Waals surface area contributed by atoms with E-state index in [4.69, 9.17) is 0 Å². The number of nitrogens with zero attached hydrogens (tertiary/aromatic N) is 2. The molecule has 17 heavy (non-hydrogen) atoms. The van der Waals surface area contributed by atoms with Crippen LogP contribution in [0.4, 0.5) is 0 Å². The van der Waals surface area contributed by atoms with Crippen LogP contribution in [0.1, 0.15) is 18.4 Å². The highest BCUT2D eigenvalue weighted by Gasteiger charge is 2.35. The average Bonchev–Trinajstić information content (AvgIpc) is 2.92. The largest absolute Gasteiger partial charge is 0.302 e. The summed E-state index contributed by atoms with van der Waals surface area (Å²) in [6.45, 7) is 2.27. The van der Waals surface area contributed by atoms with E-state index in [0.717, 1.165) is 24.3 Å². The summed E-state index contributed by atoms with van der Waals surface area (Å²) in [5.41, 5.74) is 1.36. The third-order valence-corrected chi connectivity index (χ3v) is 4.16. The van der Waals surface area contributed by atoms with Crippen molar-refractivity contribution in [1.82, 2.24) is 9.88 Å². The van der Waals surface area contributed by atoms with Crippen LogP contribution in [0.25, 0.3) is 0 Å². The van der Waals surface area contributed by atoms with Gasteiger partial charge in [-0.25, -0.2) is 0 Å². The molecular weight excluding hydrogens is 208 g/mol. The van der Waals surface area contributed by atoms with Crippen molar-refractivity contribution in [2.45, 2.75) is 19.4 Å². The van der Waals surface area contributed by atoms with Crippen molar-refractivity contribution >= 4 is 0 Å². The summed E-state index contributed by atoms with van der Waals surface area (Å²) < 4.78 is 0. The van der Waals surface area contributed by atoms with Crippen molar-refractivity contribution in [1.29, 1.82) is 0 Å². The average molecular weight is 228 g/mol. The Labute approximate surface area is 103 Å². The second-order valence-corrected chi connectivity index (χ2v) is 5.59. The zero-order chi connectivity index (χ0) is 11.7. The number of allylic oxidation sites excluding steroid dienone is 2. The minimum Gasteiger partial charge on any atom is -0.302 e. The molecule has 0 amide bonds. The van der Waals surface area contributed by atoms with E-state index in [1.807, 2.05) is 12.4 Å². The highest BCUT2D eigenvalue weighted by molar-refractivity contribution is 5.11. The molecule has 0 aliphatic heterocycles. The van der Waals surface area contributed by atoms with E-state index < -0.39 is 0 Å². The van der Waals surface area contributed by atoms with Crippen LogP contribution in [0.2, 0.25) is 0 Å². The van der Waals surface area contributed by atoms with E-state index >= 15 is 0 Å². The van der Waals surface area contributed by atoms with Gasteiger partial charge in [0.05, 0.1) is 0 Å². The molecule has 3 atom stereocenters. The van der Waals surface area contributed by atoms with Crippen LogP contribution in [0.5, 0.6) is 0 Å². The standard InChI is InChI=1S/C15H20N2/c1-17(10-12-4-6-16-7-5-12)11-15-9-13-2-3-14(15)8-13/h2-7,13-15H,8-11H2,1H3/t13-,14-,15-/m0/s1.